The molecule has 0 spiro atoms. The fourth-order valence-electron chi connectivity index (χ4n) is 2.89. The topological polar surface area (TPSA) is 25.2 Å². The van der Waals surface area contributed by atoms with Crippen molar-refractivity contribution in [3.05, 3.63) is 68.8 Å². The normalized spacial score (nSPS) is 16.0. The second kappa shape index (κ2) is 7.61. The van der Waals surface area contributed by atoms with Crippen LogP contribution in [0.25, 0.3) is 11.8 Å². The number of thioether (sulfide) groups is 1. The van der Waals surface area contributed by atoms with Gasteiger partial charge in [-0.2, -0.15) is 0 Å². The molecule has 0 N–H and O–H groups in total. The highest BCUT2D eigenvalue weighted by atomic mass is 35.5. The number of thiocarbonyl (C=S) groups is 1. The Morgan fingerprint density at radius 1 is 1.27 bits per heavy atom. The van der Waals surface area contributed by atoms with Crippen LogP contribution in [0.3, 0.4) is 0 Å². The van der Waals surface area contributed by atoms with Gasteiger partial charge in [0.2, 0.25) is 0 Å². The number of carbonyl (C=O) groups excluding carboxylic acids is 1. The van der Waals surface area contributed by atoms with Gasteiger partial charge in [0, 0.05) is 23.0 Å². The number of aryl methyl sites for hydroxylation is 1. The molecule has 0 atom stereocenters. The minimum absolute atomic E-state index is 0.0887. The Balaban J connectivity index is 2.03. The molecule has 2 aromatic rings. The second-order valence-electron chi connectivity index (χ2n) is 5.84. The molecule has 2 heterocycles. The van der Waals surface area contributed by atoms with Gasteiger partial charge in [0.1, 0.15) is 4.32 Å². The van der Waals surface area contributed by atoms with E-state index in [0.29, 0.717) is 25.8 Å². The summed E-state index contributed by atoms with van der Waals surface area (Å²) in [5, 5.41) is 1.16. The Morgan fingerprint density at radius 3 is 2.65 bits per heavy atom. The third kappa shape index (κ3) is 3.49. The highest BCUT2D eigenvalue weighted by Gasteiger charge is 2.31. The lowest BCUT2D eigenvalue weighted by Crippen LogP contribution is -2.27. The molecule has 1 fully saturated rings. The van der Waals surface area contributed by atoms with E-state index in [1.54, 1.807) is 17.0 Å². The summed E-state index contributed by atoms with van der Waals surface area (Å²) in [6.45, 7) is 8.08. The molecule has 1 aromatic heterocycles. The summed E-state index contributed by atoms with van der Waals surface area (Å²) >= 11 is 19.0. The summed E-state index contributed by atoms with van der Waals surface area (Å²) < 4.78 is 2.60. The third-order valence-corrected chi connectivity index (χ3v) is 6.01. The van der Waals surface area contributed by atoms with E-state index in [2.05, 4.69) is 11.1 Å². The SMILES string of the molecule is C=CCN1C(=O)/C(=C/c2cc(C)n(-c3ccc(Cl)cc3Cl)c2C)SC1=S. The van der Waals surface area contributed by atoms with Crippen LogP contribution in [0.4, 0.5) is 0 Å². The van der Waals surface area contributed by atoms with Crippen molar-refractivity contribution in [2.75, 3.05) is 6.54 Å². The number of aromatic nitrogens is 1. The van der Waals surface area contributed by atoms with Crippen molar-refractivity contribution in [2.45, 2.75) is 13.8 Å². The molecule has 0 unspecified atom stereocenters. The summed E-state index contributed by atoms with van der Waals surface area (Å²) in [5.41, 5.74) is 3.80. The summed E-state index contributed by atoms with van der Waals surface area (Å²) in [5.74, 6) is -0.0887. The maximum atomic E-state index is 12.5. The molecular formula is C19H16Cl2N2OS2. The van der Waals surface area contributed by atoms with Gasteiger partial charge in [-0.1, -0.05) is 53.3 Å². The summed E-state index contributed by atoms with van der Waals surface area (Å²) in [6.07, 6.45) is 3.55. The van der Waals surface area contributed by atoms with Crippen molar-refractivity contribution < 1.29 is 4.79 Å². The minimum atomic E-state index is -0.0887. The van der Waals surface area contributed by atoms with E-state index >= 15 is 0 Å². The van der Waals surface area contributed by atoms with Crippen LogP contribution in [0, 0.1) is 13.8 Å². The van der Waals surface area contributed by atoms with E-state index in [9.17, 15) is 4.79 Å². The van der Waals surface area contributed by atoms with Crippen LogP contribution in [0.15, 0.2) is 41.8 Å². The zero-order valence-electron chi connectivity index (χ0n) is 14.3. The van der Waals surface area contributed by atoms with Crippen LogP contribution in [0.2, 0.25) is 10.0 Å². The molecule has 0 aliphatic carbocycles. The van der Waals surface area contributed by atoms with Gasteiger partial charge in [-0.05, 0) is 49.8 Å². The number of halogens is 2. The first-order chi connectivity index (χ1) is 12.3. The highest BCUT2D eigenvalue weighted by Crippen LogP contribution is 2.35. The number of hydrogen-bond acceptors (Lipinski definition) is 3. The van der Waals surface area contributed by atoms with Gasteiger partial charge in [0.25, 0.3) is 5.91 Å². The van der Waals surface area contributed by atoms with Crippen LogP contribution in [0.5, 0.6) is 0 Å². The maximum absolute atomic E-state index is 12.5. The first-order valence-corrected chi connectivity index (χ1v) is 9.82. The molecular weight excluding hydrogens is 407 g/mol. The van der Waals surface area contributed by atoms with E-state index in [-0.39, 0.29) is 5.91 Å². The third-order valence-electron chi connectivity index (χ3n) is 4.09. The van der Waals surface area contributed by atoms with E-state index < -0.39 is 0 Å². The molecule has 1 aromatic carbocycles. The predicted molar refractivity (Wildman–Crippen MR) is 115 cm³/mol. The van der Waals surface area contributed by atoms with Crippen molar-refractivity contribution in [3.8, 4) is 5.69 Å². The lowest BCUT2D eigenvalue weighted by atomic mass is 10.2. The van der Waals surface area contributed by atoms with Crippen LogP contribution >= 0.6 is 47.2 Å². The molecule has 0 radical (unpaired) electrons. The van der Waals surface area contributed by atoms with E-state index in [1.165, 1.54) is 11.8 Å². The maximum Gasteiger partial charge on any atom is 0.266 e. The molecule has 3 nitrogen and oxygen atoms in total. The molecule has 3 rings (SSSR count). The molecule has 7 heteroatoms. The molecule has 0 bridgehead atoms. The Hall–Kier alpha value is -1.53. The van der Waals surface area contributed by atoms with Gasteiger partial charge in [0.05, 0.1) is 15.6 Å². The standard InChI is InChI=1S/C19H16Cl2N2OS2/c1-4-7-22-18(24)17(26-19(22)25)9-13-8-11(2)23(12(13)3)16-6-5-14(20)10-15(16)21/h4-6,8-10H,1,7H2,2-3H3/b17-9-. The van der Waals surface area contributed by atoms with Crippen molar-refractivity contribution >= 4 is 63.5 Å². The number of hydrogen-bond donors (Lipinski definition) is 0. The van der Waals surface area contributed by atoms with Gasteiger partial charge in [0.15, 0.2) is 0 Å². The minimum Gasteiger partial charge on any atom is -0.316 e. The average Bonchev–Trinajstić information content (AvgIpc) is 2.99. The zero-order chi connectivity index (χ0) is 19.0. The Labute approximate surface area is 172 Å². The van der Waals surface area contributed by atoms with E-state index in [1.807, 2.05) is 38.1 Å². The van der Waals surface area contributed by atoms with Crippen LogP contribution in [-0.4, -0.2) is 26.2 Å². The monoisotopic (exact) mass is 422 g/mol. The number of nitrogens with zero attached hydrogens (tertiary/aromatic N) is 2. The first-order valence-electron chi connectivity index (χ1n) is 7.84. The van der Waals surface area contributed by atoms with Gasteiger partial charge in [-0.25, -0.2) is 0 Å². The van der Waals surface area contributed by atoms with Crippen LogP contribution in [0.1, 0.15) is 17.0 Å². The van der Waals surface area contributed by atoms with Crippen molar-refractivity contribution in [3.63, 3.8) is 0 Å². The number of carbonyl (C=O) groups is 1. The van der Waals surface area contributed by atoms with Gasteiger partial charge < -0.3 is 4.57 Å². The zero-order valence-corrected chi connectivity index (χ0v) is 17.4. The van der Waals surface area contributed by atoms with E-state index in [0.717, 1.165) is 22.6 Å². The molecule has 0 saturated carbocycles. The molecule has 1 aliphatic heterocycles. The van der Waals surface area contributed by atoms with E-state index in [4.69, 9.17) is 35.4 Å². The molecule has 1 amide bonds. The van der Waals surface area contributed by atoms with Crippen molar-refractivity contribution in [1.29, 1.82) is 0 Å². The van der Waals surface area contributed by atoms with Gasteiger partial charge in [-0.15, -0.1) is 6.58 Å². The lowest BCUT2D eigenvalue weighted by molar-refractivity contribution is -0.121. The molecule has 134 valence electrons. The van der Waals surface area contributed by atoms with Crippen molar-refractivity contribution in [1.82, 2.24) is 9.47 Å². The number of benzene rings is 1. The molecule has 1 saturated heterocycles. The highest BCUT2D eigenvalue weighted by molar-refractivity contribution is 8.26. The summed E-state index contributed by atoms with van der Waals surface area (Å²) in [6, 6.07) is 7.44. The number of amides is 1. The molecule has 26 heavy (non-hydrogen) atoms. The Kier molecular flexibility index (Phi) is 5.63. The average molecular weight is 423 g/mol. The predicted octanol–water partition coefficient (Wildman–Crippen LogP) is 5.79. The Morgan fingerprint density at radius 2 is 2.00 bits per heavy atom. The quantitative estimate of drug-likeness (QED) is 0.354. The van der Waals surface area contributed by atoms with Crippen LogP contribution < -0.4 is 0 Å². The molecule has 1 aliphatic rings. The lowest BCUT2D eigenvalue weighted by Gasteiger charge is -2.12. The van der Waals surface area contributed by atoms with Crippen LogP contribution in [-0.2, 0) is 4.79 Å². The summed E-state index contributed by atoms with van der Waals surface area (Å²) in [4.78, 5) is 14.7. The fourth-order valence-corrected chi connectivity index (χ4v) is 4.65. The summed E-state index contributed by atoms with van der Waals surface area (Å²) in [7, 11) is 0. The van der Waals surface area contributed by atoms with Gasteiger partial charge >= 0.3 is 0 Å². The smallest absolute Gasteiger partial charge is 0.266 e. The largest absolute Gasteiger partial charge is 0.316 e. The van der Waals surface area contributed by atoms with Crippen molar-refractivity contribution in [2.24, 2.45) is 0 Å². The number of rotatable bonds is 4. The second-order valence-corrected chi connectivity index (χ2v) is 8.36. The first kappa shape index (κ1) is 19.2. The fraction of sp³-hybridized carbons (Fsp3) is 0.158. The van der Waals surface area contributed by atoms with Gasteiger partial charge in [-0.3, -0.25) is 9.69 Å². The Bertz CT molecular complexity index is 963.